The molecule has 1 N–H and O–H groups in total. The lowest BCUT2D eigenvalue weighted by Gasteiger charge is -2.32. The molecule has 0 saturated heterocycles. The zero-order valence-corrected chi connectivity index (χ0v) is 22.5. The third-order valence-electron chi connectivity index (χ3n) is 7.88. The number of nitrogens with one attached hydrogen (secondary N) is 1. The van der Waals surface area contributed by atoms with E-state index in [0.717, 1.165) is 21.5 Å². The van der Waals surface area contributed by atoms with Crippen LogP contribution in [0.1, 0.15) is 55.3 Å². The first-order valence-corrected chi connectivity index (χ1v) is 13.6. The Morgan fingerprint density at radius 1 is 0.625 bits per heavy atom. The van der Waals surface area contributed by atoms with Crippen LogP contribution in [0.2, 0.25) is 0 Å². The molecular weight excluding hydrogens is 504 g/mol. The monoisotopic (exact) mass is 534 g/mol. The molecule has 0 aliphatic carbocycles. The molecule has 4 aromatic carbocycles. The maximum absolute atomic E-state index is 13.2. The molecule has 202 valence electrons. The average molecular weight is 535 g/mol. The summed E-state index contributed by atoms with van der Waals surface area (Å²) in [6, 6.07) is 22.2. The van der Waals surface area contributed by atoms with E-state index in [-0.39, 0.29) is 42.8 Å². The smallest absolute Gasteiger partial charge is 0.261 e. The van der Waals surface area contributed by atoms with Gasteiger partial charge in [0.2, 0.25) is 0 Å². The van der Waals surface area contributed by atoms with Crippen molar-refractivity contribution >= 4 is 45.2 Å². The number of amides is 4. The lowest BCUT2D eigenvalue weighted by atomic mass is 9.94. The molecular formula is C32H30N4O4. The molecule has 8 nitrogen and oxygen atoms in total. The highest BCUT2D eigenvalue weighted by Crippen LogP contribution is 2.31. The third kappa shape index (κ3) is 4.26. The molecule has 0 saturated carbocycles. The van der Waals surface area contributed by atoms with Gasteiger partial charge >= 0.3 is 0 Å². The van der Waals surface area contributed by atoms with Gasteiger partial charge < -0.3 is 5.32 Å². The van der Waals surface area contributed by atoms with Crippen molar-refractivity contribution in [3.63, 3.8) is 0 Å². The number of hydrogen-bond donors (Lipinski definition) is 1. The summed E-state index contributed by atoms with van der Waals surface area (Å²) in [5, 5.41) is 6.54. The van der Waals surface area contributed by atoms with E-state index in [1.54, 1.807) is 24.3 Å². The predicted octanol–water partition coefficient (Wildman–Crippen LogP) is 4.14. The second-order valence-corrected chi connectivity index (χ2v) is 10.5. The van der Waals surface area contributed by atoms with Crippen molar-refractivity contribution in [3.05, 3.63) is 95.1 Å². The largest absolute Gasteiger partial charge is 0.303 e. The SMILES string of the molecule is CC(C)N(CCN1C(=O)c2cccc3cccc(c23)C1=O)CNCCN1C(=O)c2cccc3cccc(c23)C1=O. The Kier molecular flexibility index (Phi) is 6.65. The maximum Gasteiger partial charge on any atom is 0.261 e. The van der Waals surface area contributed by atoms with Gasteiger partial charge in [-0.05, 0) is 48.9 Å². The van der Waals surface area contributed by atoms with Crippen LogP contribution >= 0.6 is 0 Å². The van der Waals surface area contributed by atoms with E-state index in [0.29, 0.717) is 42.0 Å². The fourth-order valence-electron chi connectivity index (χ4n) is 5.73. The van der Waals surface area contributed by atoms with Gasteiger partial charge in [-0.3, -0.25) is 33.9 Å². The first kappa shape index (κ1) is 25.9. The summed E-state index contributed by atoms with van der Waals surface area (Å²) in [5.41, 5.74) is 2.19. The van der Waals surface area contributed by atoms with E-state index >= 15 is 0 Å². The van der Waals surface area contributed by atoms with E-state index in [1.165, 1.54) is 9.80 Å². The molecule has 0 spiro atoms. The number of imide groups is 2. The lowest BCUT2D eigenvalue weighted by molar-refractivity contribution is 0.0581. The molecule has 4 aromatic rings. The first-order chi connectivity index (χ1) is 19.4. The van der Waals surface area contributed by atoms with Crippen molar-refractivity contribution in [3.8, 4) is 0 Å². The van der Waals surface area contributed by atoms with Gasteiger partial charge in [-0.2, -0.15) is 0 Å². The number of carbonyl (C=O) groups is 4. The molecule has 40 heavy (non-hydrogen) atoms. The Morgan fingerprint density at radius 3 is 1.43 bits per heavy atom. The number of nitrogens with zero attached hydrogens (tertiary/aromatic N) is 3. The molecule has 0 atom stereocenters. The van der Waals surface area contributed by atoms with Crippen molar-refractivity contribution in [1.82, 2.24) is 20.0 Å². The topological polar surface area (TPSA) is 90.0 Å². The highest BCUT2D eigenvalue weighted by atomic mass is 16.2. The van der Waals surface area contributed by atoms with E-state index < -0.39 is 0 Å². The number of benzene rings is 4. The highest BCUT2D eigenvalue weighted by Gasteiger charge is 2.34. The van der Waals surface area contributed by atoms with Crippen molar-refractivity contribution in [2.45, 2.75) is 19.9 Å². The standard InChI is InChI=1S/C32H30N4O4/c1-20(2)34(17-18-36-31(39)25-13-5-9-22-10-6-14-26(28(22)25)32(36)40)19-33-15-16-35-29(37)23-11-3-7-21-8-4-12-24(27(21)23)30(35)38/h3-14,20,33H,15-19H2,1-2H3. The van der Waals surface area contributed by atoms with Crippen LogP contribution in [0, 0.1) is 0 Å². The zero-order valence-electron chi connectivity index (χ0n) is 22.5. The first-order valence-electron chi connectivity index (χ1n) is 13.6. The summed E-state index contributed by atoms with van der Waals surface area (Å²) in [6.07, 6.45) is 0. The van der Waals surface area contributed by atoms with Crippen molar-refractivity contribution in [2.75, 3.05) is 32.8 Å². The molecule has 6 rings (SSSR count). The Morgan fingerprint density at radius 2 is 1.02 bits per heavy atom. The summed E-state index contributed by atoms with van der Waals surface area (Å²) in [4.78, 5) is 57.5. The molecule has 0 aromatic heterocycles. The van der Waals surface area contributed by atoms with Crippen LogP contribution < -0.4 is 5.32 Å². The normalized spacial score (nSPS) is 14.9. The van der Waals surface area contributed by atoms with Crippen LogP contribution in [0.25, 0.3) is 21.5 Å². The molecule has 4 amide bonds. The van der Waals surface area contributed by atoms with Crippen LogP contribution in [0.4, 0.5) is 0 Å². The van der Waals surface area contributed by atoms with Gasteiger partial charge in [-0.15, -0.1) is 0 Å². The van der Waals surface area contributed by atoms with E-state index in [4.69, 9.17) is 0 Å². The van der Waals surface area contributed by atoms with E-state index in [9.17, 15) is 19.2 Å². The molecule has 8 heteroatoms. The molecule has 0 unspecified atom stereocenters. The Bertz CT molecular complexity index is 1590. The van der Waals surface area contributed by atoms with Crippen LogP contribution in [0.15, 0.2) is 72.8 Å². The van der Waals surface area contributed by atoms with Crippen molar-refractivity contribution in [2.24, 2.45) is 0 Å². The maximum atomic E-state index is 13.2. The Hall–Kier alpha value is -4.40. The molecule has 2 aliphatic heterocycles. The summed E-state index contributed by atoms with van der Waals surface area (Å²) in [5.74, 6) is -1.12. The zero-order chi connectivity index (χ0) is 28.0. The van der Waals surface area contributed by atoms with Gasteiger partial charge in [-0.1, -0.05) is 48.5 Å². The quantitative estimate of drug-likeness (QED) is 0.197. The van der Waals surface area contributed by atoms with Crippen LogP contribution in [-0.4, -0.2) is 77.2 Å². The number of hydrogen-bond acceptors (Lipinski definition) is 6. The molecule has 0 fully saturated rings. The van der Waals surface area contributed by atoms with Crippen LogP contribution in [0.5, 0.6) is 0 Å². The fraction of sp³-hybridized carbons (Fsp3) is 0.250. The van der Waals surface area contributed by atoms with Gasteiger partial charge in [0.05, 0.1) is 0 Å². The minimum atomic E-state index is -0.283. The molecule has 0 radical (unpaired) electrons. The van der Waals surface area contributed by atoms with Crippen LogP contribution in [0.3, 0.4) is 0 Å². The molecule has 2 aliphatic rings. The van der Waals surface area contributed by atoms with Gasteiger partial charge in [0.15, 0.2) is 0 Å². The van der Waals surface area contributed by atoms with E-state index in [2.05, 4.69) is 10.2 Å². The average Bonchev–Trinajstić information content (AvgIpc) is 2.96. The number of rotatable bonds is 9. The minimum absolute atomic E-state index is 0.140. The lowest BCUT2D eigenvalue weighted by Crippen LogP contribution is -2.49. The summed E-state index contributed by atoms with van der Waals surface area (Å²) in [7, 11) is 0. The van der Waals surface area contributed by atoms with Crippen molar-refractivity contribution in [1.29, 1.82) is 0 Å². The third-order valence-corrected chi connectivity index (χ3v) is 7.88. The molecule has 2 heterocycles. The van der Waals surface area contributed by atoms with E-state index in [1.807, 2.05) is 62.4 Å². The molecule has 0 bridgehead atoms. The summed E-state index contributed by atoms with van der Waals surface area (Å²) >= 11 is 0. The fourth-order valence-corrected chi connectivity index (χ4v) is 5.73. The second kappa shape index (κ2) is 10.3. The van der Waals surface area contributed by atoms with Gasteiger partial charge in [-0.25, -0.2) is 0 Å². The number of carbonyl (C=O) groups excluding carboxylic acids is 4. The predicted molar refractivity (Wildman–Crippen MR) is 153 cm³/mol. The van der Waals surface area contributed by atoms with Crippen molar-refractivity contribution < 1.29 is 19.2 Å². The highest BCUT2D eigenvalue weighted by molar-refractivity contribution is 6.26. The van der Waals surface area contributed by atoms with Gasteiger partial charge in [0.1, 0.15) is 0 Å². The summed E-state index contributed by atoms with van der Waals surface area (Å²) in [6.45, 7) is 5.96. The second-order valence-electron chi connectivity index (χ2n) is 10.5. The van der Waals surface area contributed by atoms with Crippen LogP contribution in [-0.2, 0) is 0 Å². The minimum Gasteiger partial charge on any atom is -0.303 e. The van der Waals surface area contributed by atoms with Gasteiger partial charge in [0.25, 0.3) is 23.6 Å². The Labute approximate surface area is 232 Å². The van der Waals surface area contributed by atoms with Gasteiger partial charge in [0, 0.05) is 71.9 Å². The Balaban J connectivity index is 1.08. The summed E-state index contributed by atoms with van der Waals surface area (Å²) < 4.78 is 0.